The lowest BCUT2D eigenvalue weighted by molar-refractivity contribution is 0.413. The largest absolute Gasteiger partial charge is 0.251 e. The smallest absolute Gasteiger partial charge is 0.0894 e. The minimum absolute atomic E-state index is 0.134. The van der Waals surface area contributed by atoms with Gasteiger partial charge in [-0.2, -0.15) is 0 Å². The van der Waals surface area contributed by atoms with Crippen LogP contribution in [0.15, 0.2) is 0 Å². The first kappa shape index (κ1) is 11.9. The third kappa shape index (κ3) is 6.63. The molecule has 0 nitrogen and oxygen atoms in total. The van der Waals surface area contributed by atoms with Gasteiger partial charge in [0.1, 0.15) is 0 Å². The van der Waals surface area contributed by atoms with Gasteiger partial charge in [-0.1, -0.05) is 52.4 Å². The van der Waals surface area contributed by atoms with E-state index in [1.807, 2.05) is 0 Å². The maximum absolute atomic E-state index is 11.7. The van der Waals surface area contributed by atoms with E-state index in [9.17, 15) is 4.39 Å². The van der Waals surface area contributed by atoms with Gasteiger partial charge >= 0.3 is 0 Å². The van der Waals surface area contributed by atoms with Crippen LogP contribution in [0.3, 0.4) is 0 Å². The Labute approximate surface area is 76.6 Å². The summed E-state index contributed by atoms with van der Waals surface area (Å²) in [6, 6.07) is 0. The van der Waals surface area contributed by atoms with Gasteiger partial charge in [-0.3, -0.25) is 4.39 Å². The summed E-state index contributed by atoms with van der Waals surface area (Å²) in [4.78, 5) is 0. The van der Waals surface area contributed by atoms with Crippen LogP contribution in [0, 0.1) is 5.92 Å². The minimum Gasteiger partial charge on any atom is -0.251 e. The molecular weight excluding hydrogens is 151 g/mol. The van der Waals surface area contributed by atoms with Crippen molar-refractivity contribution in [1.29, 1.82) is 0 Å². The maximum Gasteiger partial charge on any atom is 0.0894 e. The van der Waals surface area contributed by atoms with Crippen molar-refractivity contribution in [1.82, 2.24) is 0 Å². The molecule has 0 aromatic rings. The number of unbranched alkanes of at least 4 members (excludes halogenated alkanes) is 3. The van der Waals surface area contributed by atoms with Gasteiger partial charge in [0.15, 0.2) is 0 Å². The lowest BCUT2D eigenvalue weighted by Crippen LogP contribution is -1.96. The molecule has 0 heterocycles. The van der Waals surface area contributed by atoms with E-state index in [4.69, 9.17) is 0 Å². The highest BCUT2D eigenvalue weighted by Crippen LogP contribution is 2.16. The van der Waals surface area contributed by atoms with Gasteiger partial charge in [-0.25, -0.2) is 0 Å². The lowest BCUT2D eigenvalue weighted by atomic mass is 9.96. The summed E-state index contributed by atoms with van der Waals surface area (Å²) in [6.07, 6.45) is 8.32. The average Bonchev–Trinajstić information content (AvgIpc) is 2.11. The Bertz CT molecular complexity index is 77.1. The van der Waals surface area contributed by atoms with Crippen molar-refractivity contribution >= 4 is 0 Å². The molecule has 0 aromatic carbocycles. The molecule has 0 aliphatic carbocycles. The Morgan fingerprint density at radius 1 is 0.917 bits per heavy atom. The van der Waals surface area contributed by atoms with Crippen molar-refractivity contribution < 1.29 is 4.39 Å². The zero-order chi connectivity index (χ0) is 9.23. The van der Waals surface area contributed by atoms with Crippen LogP contribution in [0.4, 0.5) is 4.39 Å². The van der Waals surface area contributed by atoms with E-state index in [1.165, 1.54) is 32.1 Å². The van der Waals surface area contributed by atoms with E-state index in [0.717, 1.165) is 18.8 Å². The summed E-state index contributed by atoms with van der Waals surface area (Å²) in [7, 11) is 0. The second-order valence-corrected chi connectivity index (χ2v) is 3.57. The number of rotatable bonds is 8. The zero-order valence-electron chi connectivity index (χ0n) is 8.61. The van der Waals surface area contributed by atoms with Crippen LogP contribution in [0.1, 0.15) is 58.8 Å². The molecule has 0 radical (unpaired) electrons. The first-order valence-electron chi connectivity index (χ1n) is 5.41. The fraction of sp³-hybridized carbons (Fsp3) is 1.00. The summed E-state index contributed by atoms with van der Waals surface area (Å²) in [5.74, 6) is 0.912. The van der Waals surface area contributed by atoms with Crippen molar-refractivity contribution in [3.05, 3.63) is 0 Å². The standard InChI is InChI=1S/C11H23F/c1-3-11(4-2)9-7-5-6-8-10-12/h11H,3-10H2,1-2H3. The Balaban J connectivity index is 3.06. The molecule has 0 aliphatic heterocycles. The van der Waals surface area contributed by atoms with E-state index in [0.29, 0.717) is 0 Å². The van der Waals surface area contributed by atoms with Crippen molar-refractivity contribution in [2.24, 2.45) is 5.92 Å². The SMILES string of the molecule is CCC(CC)CCCCCCF. The number of hydrogen-bond donors (Lipinski definition) is 0. The highest BCUT2D eigenvalue weighted by Gasteiger charge is 2.01. The first-order valence-corrected chi connectivity index (χ1v) is 5.41. The monoisotopic (exact) mass is 174 g/mol. The Hall–Kier alpha value is -0.0700. The molecule has 74 valence electrons. The molecule has 0 atom stereocenters. The van der Waals surface area contributed by atoms with Crippen molar-refractivity contribution in [2.75, 3.05) is 6.67 Å². The van der Waals surface area contributed by atoms with Gasteiger partial charge in [0.2, 0.25) is 0 Å². The van der Waals surface area contributed by atoms with Crippen LogP contribution >= 0.6 is 0 Å². The van der Waals surface area contributed by atoms with E-state index in [2.05, 4.69) is 13.8 Å². The molecule has 0 aromatic heterocycles. The third-order valence-electron chi connectivity index (χ3n) is 2.65. The van der Waals surface area contributed by atoms with Crippen molar-refractivity contribution in [3.8, 4) is 0 Å². The van der Waals surface area contributed by atoms with Gasteiger partial charge in [0.05, 0.1) is 6.67 Å². The first-order chi connectivity index (χ1) is 5.85. The molecule has 0 aliphatic rings. The lowest BCUT2D eigenvalue weighted by Gasteiger charge is -2.10. The molecule has 0 spiro atoms. The van der Waals surface area contributed by atoms with Crippen LogP contribution in [-0.2, 0) is 0 Å². The molecule has 0 fully saturated rings. The second kappa shape index (κ2) is 9.02. The topological polar surface area (TPSA) is 0 Å². The second-order valence-electron chi connectivity index (χ2n) is 3.57. The minimum atomic E-state index is -0.134. The molecule has 0 rings (SSSR count). The van der Waals surface area contributed by atoms with Crippen LogP contribution in [0.25, 0.3) is 0 Å². The molecule has 12 heavy (non-hydrogen) atoms. The van der Waals surface area contributed by atoms with E-state index < -0.39 is 0 Å². The van der Waals surface area contributed by atoms with Crippen LogP contribution in [-0.4, -0.2) is 6.67 Å². The highest BCUT2D eigenvalue weighted by atomic mass is 19.1. The third-order valence-corrected chi connectivity index (χ3v) is 2.65. The van der Waals surface area contributed by atoms with Gasteiger partial charge in [-0.15, -0.1) is 0 Å². The summed E-state index contributed by atoms with van der Waals surface area (Å²) in [5.41, 5.74) is 0. The normalized spacial score (nSPS) is 11.0. The number of halogens is 1. The number of alkyl halides is 1. The molecular formula is C11H23F. The molecule has 0 saturated carbocycles. The Morgan fingerprint density at radius 3 is 2.00 bits per heavy atom. The van der Waals surface area contributed by atoms with Crippen LogP contribution in [0.2, 0.25) is 0 Å². The molecule has 0 N–H and O–H groups in total. The Kier molecular flexibility index (Phi) is 8.97. The summed E-state index contributed by atoms with van der Waals surface area (Å²) in [5, 5.41) is 0. The summed E-state index contributed by atoms with van der Waals surface area (Å²) < 4.78 is 11.7. The van der Waals surface area contributed by atoms with Gasteiger partial charge < -0.3 is 0 Å². The summed E-state index contributed by atoms with van der Waals surface area (Å²) in [6.45, 7) is 4.39. The van der Waals surface area contributed by atoms with E-state index in [1.54, 1.807) is 0 Å². The van der Waals surface area contributed by atoms with Crippen LogP contribution in [0.5, 0.6) is 0 Å². The number of hydrogen-bond acceptors (Lipinski definition) is 0. The molecule has 1 heteroatoms. The predicted octanol–water partition coefficient (Wildman–Crippen LogP) is 4.34. The Morgan fingerprint density at radius 2 is 1.50 bits per heavy atom. The van der Waals surface area contributed by atoms with Crippen LogP contribution < -0.4 is 0 Å². The molecule has 0 unspecified atom stereocenters. The van der Waals surface area contributed by atoms with Gasteiger partial charge in [-0.05, 0) is 12.3 Å². The fourth-order valence-electron chi connectivity index (χ4n) is 1.58. The average molecular weight is 174 g/mol. The van der Waals surface area contributed by atoms with Crippen molar-refractivity contribution in [2.45, 2.75) is 58.8 Å². The predicted molar refractivity (Wildman–Crippen MR) is 53.1 cm³/mol. The van der Waals surface area contributed by atoms with Crippen molar-refractivity contribution in [3.63, 3.8) is 0 Å². The van der Waals surface area contributed by atoms with Gasteiger partial charge in [0, 0.05) is 0 Å². The van der Waals surface area contributed by atoms with E-state index in [-0.39, 0.29) is 6.67 Å². The van der Waals surface area contributed by atoms with Gasteiger partial charge in [0.25, 0.3) is 0 Å². The maximum atomic E-state index is 11.7. The fourth-order valence-corrected chi connectivity index (χ4v) is 1.58. The highest BCUT2D eigenvalue weighted by molar-refractivity contribution is 4.54. The molecule has 0 amide bonds. The quantitative estimate of drug-likeness (QED) is 0.480. The zero-order valence-corrected chi connectivity index (χ0v) is 8.61. The summed E-state index contributed by atoms with van der Waals surface area (Å²) >= 11 is 0. The van der Waals surface area contributed by atoms with E-state index >= 15 is 0 Å². The molecule has 0 saturated heterocycles. The molecule has 0 bridgehead atoms.